The fourth-order valence-electron chi connectivity index (χ4n) is 2.29. The molecule has 0 bridgehead atoms. The smallest absolute Gasteiger partial charge is 0.306 e. The first-order chi connectivity index (χ1) is 7.73. The van der Waals surface area contributed by atoms with Gasteiger partial charge in [-0.1, -0.05) is 27.7 Å². The number of carboxylic acid groups (broad SMARTS) is 2. The Morgan fingerprint density at radius 3 is 1.29 bits per heavy atom. The van der Waals surface area contributed by atoms with Crippen molar-refractivity contribution >= 4 is 11.9 Å². The Kier molecular flexibility index (Phi) is 6.85. The molecule has 0 rings (SSSR count). The molecule has 4 unspecified atom stereocenters. The van der Waals surface area contributed by atoms with Crippen LogP contribution in [-0.4, -0.2) is 22.2 Å². The van der Waals surface area contributed by atoms with Crippen molar-refractivity contribution in [2.24, 2.45) is 23.7 Å². The number of carboxylic acids is 2. The summed E-state index contributed by atoms with van der Waals surface area (Å²) in [5.74, 6) is -1.54. The Bertz CT molecular complexity index is 236. The normalized spacial score (nSPS) is 18.1. The van der Waals surface area contributed by atoms with Gasteiger partial charge in [-0.2, -0.15) is 0 Å². The van der Waals surface area contributed by atoms with Gasteiger partial charge >= 0.3 is 11.9 Å². The lowest BCUT2D eigenvalue weighted by Crippen LogP contribution is -2.17. The van der Waals surface area contributed by atoms with Crippen LogP contribution in [0, 0.1) is 23.7 Å². The molecule has 0 radical (unpaired) electrons. The van der Waals surface area contributed by atoms with Crippen molar-refractivity contribution < 1.29 is 19.8 Å². The molecule has 0 amide bonds. The lowest BCUT2D eigenvalue weighted by Gasteiger charge is -2.20. The minimum Gasteiger partial charge on any atom is -0.481 e. The molecule has 0 aliphatic heterocycles. The van der Waals surface area contributed by atoms with Crippen molar-refractivity contribution in [2.45, 2.75) is 47.0 Å². The predicted octanol–water partition coefficient (Wildman–Crippen LogP) is 2.87. The molecule has 0 aromatic carbocycles. The first-order valence-electron chi connectivity index (χ1n) is 6.19. The molecule has 17 heavy (non-hydrogen) atoms. The third kappa shape index (κ3) is 6.97. The summed E-state index contributed by atoms with van der Waals surface area (Å²) in [5, 5.41) is 17.6. The first kappa shape index (κ1) is 15.9. The van der Waals surface area contributed by atoms with E-state index in [1.165, 1.54) is 0 Å². The molecule has 0 aromatic rings. The van der Waals surface area contributed by atoms with Gasteiger partial charge in [0.05, 0.1) is 11.8 Å². The Hall–Kier alpha value is -1.06. The van der Waals surface area contributed by atoms with Crippen LogP contribution in [0.1, 0.15) is 47.0 Å². The molecule has 0 aliphatic carbocycles. The highest BCUT2D eigenvalue weighted by Crippen LogP contribution is 2.24. The highest BCUT2D eigenvalue weighted by atomic mass is 16.4. The number of hydrogen-bond donors (Lipinski definition) is 2. The standard InChI is InChI=1S/C13H24O4/c1-8(6-10(3)12(14)15)5-9(2)7-11(4)13(16)17/h8-11H,5-7H2,1-4H3,(H,14,15)(H,16,17). The van der Waals surface area contributed by atoms with Gasteiger partial charge in [0, 0.05) is 0 Å². The van der Waals surface area contributed by atoms with Crippen LogP contribution < -0.4 is 0 Å². The monoisotopic (exact) mass is 244 g/mol. The minimum absolute atomic E-state index is 0.317. The lowest BCUT2D eigenvalue weighted by atomic mass is 9.85. The molecule has 0 aliphatic rings. The fourth-order valence-corrected chi connectivity index (χ4v) is 2.29. The van der Waals surface area contributed by atoms with Gasteiger partial charge in [0.15, 0.2) is 0 Å². The van der Waals surface area contributed by atoms with Crippen LogP contribution in [0.5, 0.6) is 0 Å². The summed E-state index contributed by atoms with van der Waals surface area (Å²) >= 11 is 0. The molecule has 0 heterocycles. The summed E-state index contributed by atoms with van der Waals surface area (Å²) in [7, 11) is 0. The number of rotatable bonds is 8. The van der Waals surface area contributed by atoms with Crippen LogP contribution in [0.25, 0.3) is 0 Å². The van der Waals surface area contributed by atoms with Crippen molar-refractivity contribution in [3.8, 4) is 0 Å². The maximum Gasteiger partial charge on any atom is 0.306 e. The van der Waals surface area contributed by atoms with E-state index in [0.717, 1.165) is 6.42 Å². The SMILES string of the molecule is CC(CC(C)CC(C)C(=O)O)CC(C)C(=O)O. The van der Waals surface area contributed by atoms with E-state index in [-0.39, 0.29) is 11.8 Å². The highest BCUT2D eigenvalue weighted by Gasteiger charge is 2.20. The van der Waals surface area contributed by atoms with Gasteiger partial charge in [0.25, 0.3) is 0 Å². The van der Waals surface area contributed by atoms with Crippen molar-refractivity contribution in [3.63, 3.8) is 0 Å². The summed E-state index contributed by atoms with van der Waals surface area (Å²) < 4.78 is 0. The van der Waals surface area contributed by atoms with Crippen LogP contribution in [0.4, 0.5) is 0 Å². The van der Waals surface area contributed by atoms with Gasteiger partial charge in [-0.05, 0) is 31.1 Å². The Morgan fingerprint density at radius 1 is 0.765 bits per heavy atom. The molecule has 4 atom stereocenters. The fraction of sp³-hybridized carbons (Fsp3) is 0.846. The van der Waals surface area contributed by atoms with Gasteiger partial charge in [0.1, 0.15) is 0 Å². The second kappa shape index (κ2) is 7.30. The lowest BCUT2D eigenvalue weighted by molar-refractivity contribution is -0.142. The van der Waals surface area contributed by atoms with Crippen LogP contribution >= 0.6 is 0 Å². The number of aliphatic carboxylic acids is 2. The quantitative estimate of drug-likeness (QED) is 0.688. The van der Waals surface area contributed by atoms with E-state index in [4.69, 9.17) is 10.2 Å². The molecule has 0 aromatic heterocycles. The molecule has 4 nitrogen and oxygen atoms in total. The third-order valence-electron chi connectivity index (χ3n) is 3.16. The van der Waals surface area contributed by atoms with Crippen molar-refractivity contribution in [1.29, 1.82) is 0 Å². The van der Waals surface area contributed by atoms with Gasteiger partial charge in [0.2, 0.25) is 0 Å². The Labute approximate surface area is 103 Å². The molecular weight excluding hydrogens is 220 g/mol. The molecule has 0 saturated carbocycles. The molecular formula is C13H24O4. The van der Waals surface area contributed by atoms with Crippen molar-refractivity contribution in [1.82, 2.24) is 0 Å². The van der Waals surface area contributed by atoms with Crippen molar-refractivity contribution in [3.05, 3.63) is 0 Å². The van der Waals surface area contributed by atoms with E-state index in [9.17, 15) is 9.59 Å². The maximum absolute atomic E-state index is 10.7. The molecule has 0 saturated heterocycles. The summed E-state index contributed by atoms with van der Waals surface area (Å²) in [4.78, 5) is 21.4. The zero-order valence-corrected chi connectivity index (χ0v) is 11.1. The Balaban J connectivity index is 3.99. The predicted molar refractivity (Wildman–Crippen MR) is 65.8 cm³/mol. The largest absolute Gasteiger partial charge is 0.481 e. The highest BCUT2D eigenvalue weighted by molar-refractivity contribution is 5.69. The minimum atomic E-state index is -0.761. The van der Waals surface area contributed by atoms with Crippen LogP contribution in [-0.2, 0) is 9.59 Å². The average Bonchev–Trinajstić information content (AvgIpc) is 2.16. The summed E-state index contributed by atoms with van der Waals surface area (Å²) in [5.41, 5.74) is 0. The van der Waals surface area contributed by atoms with E-state index in [2.05, 4.69) is 0 Å². The second-order valence-electron chi connectivity index (χ2n) is 5.40. The maximum atomic E-state index is 10.7. The van der Waals surface area contributed by atoms with Crippen molar-refractivity contribution in [2.75, 3.05) is 0 Å². The zero-order chi connectivity index (χ0) is 13.6. The molecule has 2 N–H and O–H groups in total. The van der Waals surface area contributed by atoms with E-state index < -0.39 is 11.9 Å². The molecule has 0 spiro atoms. The molecule has 0 fully saturated rings. The van der Waals surface area contributed by atoms with E-state index in [1.54, 1.807) is 13.8 Å². The topological polar surface area (TPSA) is 74.6 Å². The van der Waals surface area contributed by atoms with Gasteiger partial charge in [-0.25, -0.2) is 0 Å². The van der Waals surface area contributed by atoms with Gasteiger partial charge < -0.3 is 10.2 Å². The number of hydrogen-bond acceptors (Lipinski definition) is 2. The van der Waals surface area contributed by atoms with Gasteiger partial charge in [-0.3, -0.25) is 9.59 Å². The molecule has 100 valence electrons. The van der Waals surface area contributed by atoms with E-state index >= 15 is 0 Å². The number of carbonyl (C=O) groups is 2. The zero-order valence-electron chi connectivity index (χ0n) is 11.1. The van der Waals surface area contributed by atoms with E-state index in [1.807, 2.05) is 13.8 Å². The second-order valence-corrected chi connectivity index (χ2v) is 5.40. The van der Waals surface area contributed by atoms with Crippen LogP contribution in [0.3, 0.4) is 0 Å². The third-order valence-corrected chi connectivity index (χ3v) is 3.16. The van der Waals surface area contributed by atoms with Crippen LogP contribution in [0.15, 0.2) is 0 Å². The Morgan fingerprint density at radius 2 is 1.06 bits per heavy atom. The van der Waals surface area contributed by atoms with E-state index in [0.29, 0.717) is 24.7 Å². The summed E-state index contributed by atoms with van der Waals surface area (Å²) in [6.45, 7) is 7.48. The summed E-state index contributed by atoms with van der Waals surface area (Å²) in [6.07, 6.45) is 2.19. The van der Waals surface area contributed by atoms with Gasteiger partial charge in [-0.15, -0.1) is 0 Å². The average molecular weight is 244 g/mol. The molecule has 4 heteroatoms. The van der Waals surface area contributed by atoms with Crippen LogP contribution in [0.2, 0.25) is 0 Å². The summed E-state index contributed by atoms with van der Waals surface area (Å²) in [6, 6.07) is 0. The first-order valence-corrected chi connectivity index (χ1v) is 6.19.